The van der Waals surface area contributed by atoms with Crippen LogP contribution in [0.2, 0.25) is 0 Å². The second-order valence-electron chi connectivity index (χ2n) is 2.52. The molecule has 1 fully saturated rings. The minimum Gasteiger partial charge on any atom is -0.350 e. The molecule has 0 unspecified atom stereocenters. The van der Waals surface area contributed by atoms with E-state index in [1.807, 2.05) is 6.92 Å². The topological polar surface area (TPSA) is 18.5 Å². The van der Waals surface area contributed by atoms with Crippen molar-refractivity contribution in [2.45, 2.75) is 31.1 Å². The van der Waals surface area contributed by atoms with Gasteiger partial charge in [0, 0.05) is 5.88 Å². The van der Waals surface area contributed by atoms with Crippen LogP contribution in [-0.2, 0) is 9.47 Å². The molecule has 1 heterocycles. The summed E-state index contributed by atoms with van der Waals surface area (Å²) < 4.78 is 10.7. The molecule has 1 saturated heterocycles. The summed E-state index contributed by atoms with van der Waals surface area (Å²) in [7, 11) is 0. The summed E-state index contributed by atoms with van der Waals surface area (Å²) in [5.74, 6) is 0.409. The highest BCUT2D eigenvalue weighted by Crippen LogP contribution is 2.20. The summed E-state index contributed by atoms with van der Waals surface area (Å²) in [6, 6.07) is 0. The van der Waals surface area contributed by atoms with E-state index in [0.29, 0.717) is 12.5 Å². The number of halogens is 2. The predicted octanol–water partition coefficient (Wildman–Crippen LogP) is 1.98. The van der Waals surface area contributed by atoms with E-state index in [2.05, 4.69) is 0 Å². The number of hydrogen-bond donors (Lipinski definition) is 0. The number of hydrogen-bond acceptors (Lipinski definition) is 2. The lowest BCUT2D eigenvalue weighted by Gasteiger charge is -2.12. The van der Waals surface area contributed by atoms with Crippen molar-refractivity contribution in [2.24, 2.45) is 0 Å². The van der Waals surface area contributed by atoms with Gasteiger partial charge in [0.15, 0.2) is 6.29 Å². The molecular formula is C7H12Cl2O2. The third-order valence-electron chi connectivity index (χ3n) is 1.66. The number of alkyl halides is 2. The monoisotopic (exact) mass is 198 g/mol. The van der Waals surface area contributed by atoms with Crippen molar-refractivity contribution >= 4 is 23.2 Å². The van der Waals surface area contributed by atoms with Crippen LogP contribution in [0.25, 0.3) is 0 Å². The van der Waals surface area contributed by atoms with E-state index in [1.54, 1.807) is 0 Å². The van der Waals surface area contributed by atoms with Crippen LogP contribution in [0, 0.1) is 0 Å². The van der Waals surface area contributed by atoms with E-state index in [1.165, 1.54) is 0 Å². The first-order chi connectivity index (χ1) is 5.27. The molecule has 1 aliphatic heterocycles. The highest BCUT2D eigenvalue weighted by molar-refractivity contribution is 6.28. The Morgan fingerprint density at radius 2 is 2.36 bits per heavy atom. The third kappa shape index (κ3) is 2.48. The van der Waals surface area contributed by atoms with Gasteiger partial charge in [0.1, 0.15) is 6.10 Å². The van der Waals surface area contributed by atoms with Gasteiger partial charge in [-0.3, -0.25) is 0 Å². The molecular weight excluding hydrogens is 187 g/mol. The Morgan fingerprint density at radius 1 is 1.64 bits per heavy atom. The molecule has 1 aliphatic rings. The van der Waals surface area contributed by atoms with Crippen LogP contribution in [0.15, 0.2) is 0 Å². The van der Waals surface area contributed by atoms with Crippen molar-refractivity contribution < 1.29 is 9.47 Å². The van der Waals surface area contributed by atoms with Gasteiger partial charge in [-0.15, -0.1) is 23.2 Å². The molecule has 66 valence electrons. The molecule has 0 aromatic carbocycles. The summed E-state index contributed by atoms with van der Waals surface area (Å²) in [6.07, 6.45) is 0.756. The van der Waals surface area contributed by atoms with Crippen LogP contribution in [-0.4, -0.2) is 30.3 Å². The van der Waals surface area contributed by atoms with Crippen LogP contribution in [0.4, 0.5) is 0 Å². The average Bonchev–Trinajstić information content (AvgIpc) is 2.50. The molecule has 0 amide bonds. The molecule has 0 N–H and O–H groups in total. The standard InChI is InChI=1S/C7H12Cl2O2/c1-2-7-10-4-6(11-7)5(9)3-8/h5-7H,2-4H2,1H3/t5-,6+,7+/m1/s1. The molecule has 11 heavy (non-hydrogen) atoms. The van der Waals surface area contributed by atoms with Crippen molar-refractivity contribution in [3.63, 3.8) is 0 Å². The molecule has 0 spiro atoms. The zero-order valence-electron chi connectivity index (χ0n) is 6.43. The van der Waals surface area contributed by atoms with Crippen LogP contribution in [0.5, 0.6) is 0 Å². The van der Waals surface area contributed by atoms with Crippen molar-refractivity contribution in [1.29, 1.82) is 0 Å². The zero-order chi connectivity index (χ0) is 8.27. The van der Waals surface area contributed by atoms with Gasteiger partial charge in [0.05, 0.1) is 12.0 Å². The third-order valence-corrected chi connectivity index (χ3v) is 2.58. The molecule has 0 radical (unpaired) electrons. The quantitative estimate of drug-likeness (QED) is 0.647. The summed E-state index contributed by atoms with van der Waals surface area (Å²) >= 11 is 11.4. The molecule has 1 rings (SSSR count). The Kier molecular flexibility index (Phi) is 3.93. The first-order valence-electron chi connectivity index (χ1n) is 3.75. The van der Waals surface area contributed by atoms with Crippen molar-refractivity contribution in [1.82, 2.24) is 0 Å². The lowest BCUT2D eigenvalue weighted by atomic mass is 10.3. The second kappa shape index (κ2) is 4.51. The highest BCUT2D eigenvalue weighted by atomic mass is 35.5. The smallest absolute Gasteiger partial charge is 0.158 e. The van der Waals surface area contributed by atoms with E-state index >= 15 is 0 Å². The lowest BCUT2D eigenvalue weighted by molar-refractivity contribution is -0.0582. The van der Waals surface area contributed by atoms with Crippen molar-refractivity contribution in [2.75, 3.05) is 12.5 Å². The van der Waals surface area contributed by atoms with Crippen LogP contribution < -0.4 is 0 Å². The molecule has 2 nitrogen and oxygen atoms in total. The van der Waals surface area contributed by atoms with E-state index in [0.717, 1.165) is 6.42 Å². The average molecular weight is 199 g/mol. The molecule has 0 aromatic heterocycles. The maximum Gasteiger partial charge on any atom is 0.158 e. The van der Waals surface area contributed by atoms with Gasteiger partial charge in [0.2, 0.25) is 0 Å². The fraction of sp³-hybridized carbons (Fsp3) is 1.00. The van der Waals surface area contributed by atoms with E-state index in [-0.39, 0.29) is 17.8 Å². The fourth-order valence-electron chi connectivity index (χ4n) is 0.979. The minimum absolute atomic E-state index is 0.0286. The van der Waals surface area contributed by atoms with Gasteiger partial charge in [-0.2, -0.15) is 0 Å². The Morgan fingerprint density at radius 3 is 2.82 bits per heavy atom. The Labute approximate surface area is 76.8 Å². The van der Waals surface area contributed by atoms with Gasteiger partial charge < -0.3 is 9.47 Å². The summed E-state index contributed by atoms with van der Waals surface area (Å²) in [6.45, 7) is 2.58. The molecule has 4 heteroatoms. The predicted molar refractivity (Wildman–Crippen MR) is 45.3 cm³/mol. The molecule has 0 saturated carbocycles. The maximum absolute atomic E-state index is 5.86. The van der Waals surface area contributed by atoms with Crippen molar-refractivity contribution in [3.05, 3.63) is 0 Å². The summed E-state index contributed by atoms with van der Waals surface area (Å²) in [5.41, 5.74) is 0. The van der Waals surface area contributed by atoms with Crippen molar-refractivity contribution in [3.8, 4) is 0 Å². The van der Waals surface area contributed by atoms with Gasteiger partial charge >= 0.3 is 0 Å². The lowest BCUT2D eigenvalue weighted by Crippen LogP contribution is -2.25. The van der Waals surface area contributed by atoms with E-state index in [9.17, 15) is 0 Å². The molecule has 0 bridgehead atoms. The Bertz CT molecular complexity index is 121. The zero-order valence-corrected chi connectivity index (χ0v) is 7.94. The van der Waals surface area contributed by atoms with Gasteiger partial charge in [-0.1, -0.05) is 6.92 Å². The first kappa shape index (κ1) is 9.59. The molecule has 3 atom stereocenters. The van der Waals surface area contributed by atoms with Gasteiger partial charge in [-0.25, -0.2) is 0 Å². The fourth-order valence-corrected chi connectivity index (χ4v) is 1.31. The van der Waals surface area contributed by atoms with Crippen LogP contribution >= 0.6 is 23.2 Å². The minimum atomic E-state index is -0.131. The van der Waals surface area contributed by atoms with E-state index in [4.69, 9.17) is 32.7 Å². The summed E-state index contributed by atoms with van der Waals surface area (Å²) in [4.78, 5) is 0. The molecule has 0 aromatic rings. The maximum atomic E-state index is 5.86. The van der Waals surface area contributed by atoms with Gasteiger partial charge in [-0.05, 0) is 6.42 Å². The normalized spacial score (nSPS) is 34.1. The largest absolute Gasteiger partial charge is 0.350 e. The number of rotatable bonds is 3. The molecule has 0 aliphatic carbocycles. The second-order valence-corrected chi connectivity index (χ2v) is 3.39. The Balaban J connectivity index is 2.29. The SMILES string of the molecule is CC[C@H]1OC[C@@H]([C@H](Cl)CCl)O1. The Hall–Kier alpha value is 0.500. The number of ether oxygens (including phenoxy) is 2. The first-order valence-corrected chi connectivity index (χ1v) is 4.72. The van der Waals surface area contributed by atoms with Crippen LogP contribution in [0.3, 0.4) is 0 Å². The van der Waals surface area contributed by atoms with Crippen LogP contribution in [0.1, 0.15) is 13.3 Å². The van der Waals surface area contributed by atoms with E-state index < -0.39 is 0 Å². The summed E-state index contributed by atoms with van der Waals surface area (Å²) in [5, 5.41) is -0.131. The van der Waals surface area contributed by atoms with Gasteiger partial charge in [0.25, 0.3) is 0 Å². The highest BCUT2D eigenvalue weighted by Gasteiger charge is 2.29.